The van der Waals surface area contributed by atoms with Crippen molar-refractivity contribution in [2.24, 2.45) is 0 Å². The first-order chi connectivity index (χ1) is 8.43. The van der Waals surface area contributed by atoms with E-state index in [4.69, 9.17) is 5.11 Å². The van der Waals surface area contributed by atoms with E-state index in [0.717, 1.165) is 0 Å². The summed E-state index contributed by atoms with van der Waals surface area (Å²) in [5.74, 6) is -1.55. The van der Waals surface area contributed by atoms with Crippen molar-refractivity contribution in [3.8, 4) is 0 Å². The third kappa shape index (κ3) is 3.48. The monoisotopic (exact) mass is 252 g/mol. The summed E-state index contributed by atoms with van der Waals surface area (Å²) in [6.07, 6.45) is -0.773. The van der Waals surface area contributed by atoms with Crippen molar-refractivity contribution in [3.05, 3.63) is 23.8 Å². The average molecular weight is 252 g/mol. The van der Waals surface area contributed by atoms with Crippen LogP contribution in [0.15, 0.2) is 18.2 Å². The van der Waals surface area contributed by atoms with Crippen molar-refractivity contribution in [1.29, 1.82) is 0 Å². The Kier molecular flexibility index (Phi) is 4.25. The van der Waals surface area contributed by atoms with Crippen LogP contribution in [0.5, 0.6) is 0 Å². The number of hydrogen-bond acceptors (Lipinski definition) is 4. The highest BCUT2D eigenvalue weighted by Gasteiger charge is 2.13. The molecule has 0 unspecified atom stereocenters. The van der Waals surface area contributed by atoms with Crippen molar-refractivity contribution in [2.45, 2.75) is 6.92 Å². The number of amides is 2. The maximum absolute atomic E-state index is 11.0. The SMILES string of the molecule is COC(=O)Nc1ccc(NC(C)=O)cc1C(=O)O. The number of carbonyl (C=O) groups is 3. The second-order valence-electron chi connectivity index (χ2n) is 3.36. The molecular weight excluding hydrogens is 240 g/mol. The number of carboxylic acids is 1. The first-order valence-electron chi connectivity index (χ1n) is 4.94. The molecule has 0 saturated carbocycles. The van der Waals surface area contributed by atoms with Crippen LogP contribution in [0.4, 0.5) is 16.2 Å². The summed E-state index contributed by atoms with van der Waals surface area (Å²) in [5.41, 5.74) is 0.269. The molecule has 96 valence electrons. The van der Waals surface area contributed by atoms with Crippen molar-refractivity contribution in [1.82, 2.24) is 0 Å². The fourth-order valence-electron chi connectivity index (χ4n) is 1.27. The Balaban J connectivity index is 3.08. The first-order valence-corrected chi connectivity index (χ1v) is 4.94. The fourth-order valence-corrected chi connectivity index (χ4v) is 1.27. The van der Waals surface area contributed by atoms with Gasteiger partial charge in [-0.2, -0.15) is 0 Å². The fraction of sp³-hybridized carbons (Fsp3) is 0.182. The molecule has 0 fully saturated rings. The van der Waals surface area contributed by atoms with E-state index in [2.05, 4.69) is 15.4 Å². The van der Waals surface area contributed by atoms with Gasteiger partial charge in [0.2, 0.25) is 5.91 Å². The van der Waals surface area contributed by atoms with E-state index in [1.807, 2.05) is 0 Å². The predicted molar refractivity (Wildman–Crippen MR) is 63.7 cm³/mol. The second kappa shape index (κ2) is 5.67. The van der Waals surface area contributed by atoms with E-state index in [-0.39, 0.29) is 17.2 Å². The van der Waals surface area contributed by atoms with Crippen molar-refractivity contribution >= 4 is 29.3 Å². The van der Waals surface area contributed by atoms with Gasteiger partial charge in [-0.05, 0) is 18.2 Å². The largest absolute Gasteiger partial charge is 0.478 e. The zero-order valence-electron chi connectivity index (χ0n) is 9.81. The maximum atomic E-state index is 11.0. The van der Waals surface area contributed by atoms with Crippen LogP contribution in [0.3, 0.4) is 0 Å². The molecule has 7 nitrogen and oxygen atoms in total. The standard InChI is InChI=1S/C11H12N2O5/c1-6(14)12-7-3-4-9(13-11(17)18-2)8(5-7)10(15)16/h3-5H,1-2H3,(H,12,14)(H,13,17)(H,15,16). The molecule has 1 aromatic rings. The molecule has 0 atom stereocenters. The lowest BCUT2D eigenvalue weighted by Crippen LogP contribution is -2.15. The smallest absolute Gasteiger partial charge is 0.411 e. The summed E-state index contributed by atoms with van der Waals surface area (Å²) >= 11 is 0. The Bertz CT molecular complexity index is 498. The van der Waals surface area contributed by atoms with Gasteiger partial charge in [0.15, 0.2) is 0 Å². The zero-order chi connectivity index (χ0) is 13.7. The Morgan fingerprint density at radius 2 is 1.89 bits per heavy atom. The topological polar surface area (TPSA) is 105 Å². The Hall–Kier alpha value is -2.57. The highest BCUT2D eigenvalue weighted by molar-refractivity contribution is 6.00. The van der Waals surface area contributed by atoms with E-state index in [1.54, 1.807) is 0 Å². The summed E-state index contributed by atoms with van der Waals surface area (Å²) in [5, 5.41) is 13.7. The molecule has 2 amide bonds. The number of methoxy groups -OCH3 is 1. The zero-order valence-corrected chi connectivity index (χ0v) is 9.81. The lowest BCUT2D eigenvalue weighted by atomic mass is 10.1. The Labute approximate surface area is 103 Å². The van der Waals surface area contributed by atoms with Crippen LogP contribution in [-0.4, -0.2) is 30.2 Å². The highest BCUT2D eigenvalue weighted by Crippen LogP contribution is 2.21. The summed E-state index contributed by atoms with van der Waals surface area (Å²) in [6.45, 7) is 1.31. The molecule has 0 aromatic heterocycles. The van der Waals surface area contributed by atoms with E-state index in [9.17, 15) is 14.4 Å². The molecule has 0 radical (unpaired) electrons. The van der Waals surface area contributed by atoms with Gasteiger partial charge in [-0.15, -0.1) is 0 Å². The molecule has 0 aliphatic heterocycles. The molecule has 3 N–H and O–H groups in total. The molecule has 0 heterocycles. The molecule has 0 aliphatic rings. The number of carboxylic acid groups (broad SMARTS) is 1. The molecule has 1 aromatic carbocycles. The number of benzene rings is 1. The lowest BCUT2D eigenvalue weighted by Gasteiger charge is -2.09. The quantitative estimate of drug-likeness (QED) is 0.756. The minimum atomic E-state index is -1.23. The average Bonchev–Trinajstić information content (AvgIpc) is 2.29. The lowest BCUT2D eigenvalue weighted by molar-refractivity contribution is -0.114. The van der Waals surface area contributed by atoms with E-state index >= 15 is 0 Å². The van der Waals surface area contributed by atoms with E-state index < -0.39 is 12.1 Å². The third-order valence-corrected chi connectivity index (χ3v) is 1.99. The Morgan fingerprint density at radius 1 is 1.22 bits per heavy atom. The van der Waals surface area contributed by atoms with Crippen LogP contribution in [0.25, 0.3) is 0 Å². The van der Waals surface area contributed by atoms with Crippen LogP contribution in [0, 0.1) is 0 Å². The summed E-state index contributed by atoms with van der Waals surface area (Å²) in [4.78, 5) is 32.9. The molecule has 18 heavy (non-hydrogen) atoms. The molecule has 7 heteroatoms. The normalized spacial score (nSPS) is 9.44. The van der Waals surface area contributed by atoms with Gasteiger partial charge in [-0.25, -0.2) is 9.59 Å². The molecule has 0 bridgehead atoms. The van der Waals surface area contributed by atoms with Crippen molar-refractivity contribution < 1.29 is 24.2 Å². The van der Waals surface area contributed by atoms with E-state index in [1.165, 1.54) is 32.2 Å². The van der Waals surface area contributed by atoms with Gasteiger partial charge >= 0.3 is 12.1 Å². The van der Waals surface area contributed by atoms with Gasteiger partial charge in [0.1, 0.15) is 0 Å². The summed E-state index contributed by atoms with van der Waals surface area (Å²) < 4.78 is 4.37. The van der Waals surface area contributed by atoms with Gasteiger partial charge in [-0.3, -0.25) is 10.1 Å². The number of rotatable bonds is 3. The van der Waals surface area contributed by atoms with Gasteiger partial charge in [0.05, 0.1) is 18.4 Å². The number of ether oxygens (including phenoxy) is 1. The van der Waals surface area contributed by atoms with Crippen LogP contribution >= 0.6 is 0 Å². The van der Waals surface area contributed by atoms with Gasteiger partial charge in [0.25, 0.3) is 0 Å². The van der Waals surface area contributed by atoms with Gasteiger partial charge in [0, 0.05) is 12.6 Å². The third-order valence-electron chi connectivity index (χ3n) is 1.99. The summed E-state index contributed by atoms with van der Waals surface area (Å²) in [7, 11) is 1.17. The molecular formula is C11H12N2O5. The minimum absolute atomic E-state index is 0.0865. The van der Waals surface area contributed by atoms with Crippen LogP contribution in [0.1, 0.15) is 17.3 Å². The highest BCUT2D eigenvalue weighted by atomic mass is 16.5. The number of carbonyl (C=O) groups excluding carboxylic acids is 2. The Morgan fingerprint density at radius 3 is 2.39 bits per heavy atom. The van der Waals surface area contributed by atoms with Crippen LogP contribution in [0.2, 0.25) is 0 Å². The molecule has 1 rings (SSSR count). The number of anilines is 2. The van der Waals surface area contributed by atoms with Crippen molar-refractivity contribution in [2.75, 3.05) is 17.7 Å². The number of aromatic carboxylic acids is 1. The minimum Gasteiger partial charge on any atom is -0.478 e. The van der Waals surface area contributed by atoms with Gasteiger partial charge < -0.3 is 15.2 Å². The second-order valence-corrected chi connectivity index (χ2v) is 3.36. The van der Waals surface area contributed by atoms with E-state index in [0.29, 0.717) is 5.69 Å². The van der Waals surface area contributed by atoms with Crippen LogP contribution in [-0.2, 0) is 9.53 Å². The van der Waals surface area contributed by atoms with Crippen molar-refractivity contribution in [3.63, 3.8) is 0 Å². The van der Waals surface area contributed by atoms with Gasteiger partial charge in [-0.1, -0.05) is 0 Å². The maximum Gasteiger partial charge on any atom is 0.411 e. The molecule has 0 aliphatic carbocycles. The number of hydrogen-bond donors (Lipinski definition) is 3. The van der Waals surface area contributed by atoms with Crippen LogP contribution < -0.4 is 10.6 Å². The molecule has 0 spiro atoms. The first kappa shape index (κ1) is 13.5. The predicted octanol–water partition coefficient (Wildman–Crippen LogP) is 1.52. The molecule has 0 saturated heterocycles. The summed E-state index contributed by atoms with van der Waals surface area (Å²) in [6, 6.07) is 4.08. The number of nitrogens with one attached hydrogen (secondary N) is 2.